The second kappa shape index (κ2) is 7.50. The van der Waals surface area contributed by atoms with Crippen LogP contribution in [0.2, 0.25) is 0 Å². The molecule has 2 N–H and O–H groups in total. The topological polar surface area (TPSA) is 55.6 Å². The molecule has 106 valence electrons. The van der Waals surface area contributed by atoms with Crippen molar-refractivity contribution in [3.63, 3.8) is 0 Å². The molecule has 0 aliphatic carbocycles. The van der Waals surface area contributed by atoms with E-state index in [1.165, 1.54) is 0 Å². The number of ether oxygens (including phenoxy) is 1. The first kappa shape index (κ1) is 16.0. The average Bonchev–Trinajstić information content (AvgIpc) is 2.40. The van der Waals surface area contributed by atoms with Gasteiger partial charge >= 0.3 is 5.97 Å². The Balaban J connectivity index is 3.06. The lowest BCUT2D eigenvalue weighted by atomic mass is 10.1. The van der Waals surface area contributed by atoms with E-state index in [-0.39, 0.29) is 5.97 Å². The van der Waals surface area contributed by atoms with Gasteiger partial charge in [-0.05, 0) is 53.6 Å². The molecule has 0 saturated carbocycles. The largest absolute Gasteiger partial charge is 0.462 e. The summed E-state index contributed by atoms with van der Waals surface area (Å²) in [4.78, 5) is 14.0. The fourth-order valence-electron chi connectivity index (χ4n) is 1.83. The molecule has 0 aliphatic rings. The molecule has 0 aliphatic heterocycles. The highest BCUT2D eigenvalue weighted by molar-refractivity contribution is 9.10. The van der Waals surface area contributed by atoms with Crippen LogP contribution in [0.4, 0.5) is 5.69 Å². The minimum atomic E-state index is -0.316. The van der Waals surface area contributed by atoms with Crippen LogP contribution in [-0.2, 0) is 11.3 Å². The number of benzene rings is 1. The van der Waals surface area contributed by atoms with Crippen molar-refractivity contribution >= 4 is 27.6 Å². The number of nitrogen functional groups attached to an aromatic ring is 1. The van der Waals surface area contributed by atoms with Crippen LogP contribution in [0, 0.1) is 0 Å². The second-order valence-electron chi connectivity index (χ2n) is 4.21. The summed E-state index contributed by atoms with van der Waals surface area (Å²) in [7, 11) is 0. The number of hydrogen-bond acceptors (Lipinski definition) is 4. The molecule has 5 heteroatoms. The van der Waals surface area contributed by atoms with Gasteiger partial charge < -0.3 is 10.5 Å². The number of halogens is 1. The van der Waals surface area contributed by atoms with Gasteiger partial charge in [-0.15, -0.1) is 0 Å². The third kappa shape index (κ3) is 4.21. The highest BCUT2D eigenvalue weighted by Crippen LogP contribution is 2.27. The summed E-state index contributed by atoms with van der Waals surface area (Å²) in [5.74, 6) is -0.316. The quantitative estimate of drug-likeness (QED) is 0.644. The summed E-state index contributed by atoms with van der Waals surface area (Å²) in [6.07, 6.45) is 0. The molecule has 1 aromatic rings. The highest BCUT2D eigenvalue weighted by atomic mass is 79.9. The van der Waals surface area contributed by atoms with Gasteiger partial charge in [0.25, 0.3) is 0 Å². The van der Waals surface area contributed by atoms with Gasteiger partial charge in [0.2, 0.25) is 0 Å². The monoisotopic (exact) mass is 328 g/mol. The predicted octanol–water partition coefficient (Wildman–Crippen LogP) is 3.05. The third-order valence-corrected chi connectivity index (χ3v) is 3.67. The molecule has 0 radical (unpaired) electrons. The predicted molar refractivity (Wildman–Crippen MR) is 81.1 cm³/mol. The lowest BCUT2D eigenvalue weighted by Gasteiger charge is -2.20. The number of carbonyl (C=O) groups excluding carboxylic acids is 1. The summed E-state index contributed by atoms with van der Waals surface area (Å²) in [6.45, 7) is 8.97. The van der Waals surface area contributed by atoms with E-state index in [9.17, 15) is 4.79 Å². The first-order valence-electron chi connectivity index (χ1n) is 6.50. The van der Waals surface area contributed by atoms with Gasteiger partial charge in [0.15, 0.2) is 0 Å². The summed E-state index contributed by atoms with van der Waals surface area (Å²) < 4.78 is 5.76. The highest BCUT2D eigenvalue weighted by Gasteiger charge is 2.14. The molecular formula is C14H21BrN2O2. The maximum Gasteiger partial charge on any atom is 0.338 e. The van der Waals surface area contributed by atoms with Gasteiger partial charge in [0.05, 0.1) is 17.9 Å². The molecule has 0 aromatic heterocycles. The Bertz CT molecular complexity index is 445. The van der Waals surface area contributed by atoms with Gasteiger partial charge in [-0.25, -0.2) is 4.79 Å². The van der Waals surface area contributed by atoms with Crippen LogP contribution in [0.3, 0.4) is 0 Å². The van der Waals surface area contributed by atoms with Crippen LogP contribution in [0.25, 0.3) is 0 Å². The number of hydrogen-bond donors (Lipinski definition) is 1. The van der Waals surface area contributed by atoms with E-state index in [1.807, 2.05) is 6.07 Å². The van der Waals surface area contributed by atoms with Crippen molar-refractivity contribution in [1.82, 2.24) is 4.90 Å². The molecule has 19 heavy (non-hydrogen) atoms. The molecule has 0 spiro atoms. The van der Waals surface area contributed by atoms with Gasteiger partial charge in [-0.3, -0.25) is 4.90 Å². The van der Waals surface area contributed by atoms with Crippen molar-refractivity contribution in [3.05, 3.63) is 27.7 Å². The smallest absolute Gasteiger partial charge is 0.338 e. The summed E-state index contributed by atoms with van der Waals surface area (Å²) >= 11 is 3.40. The fourth-order valence-corrected chi connectivity index (χ4v) is 2.33. The Hall–Kier alpha value is -1.07. The molecule has 1 aromatic carbocycles. The number of anilines is 1. The number of nitrogens with zero attached hydrogens (tertiary/aromatic N) is 1. The fraction of sp³-hybridized carbons (Fsp3) is 0.500. The SMILES string of the molecule is CCOC(=O)c1cc(Br)c(N)c(CN(CC)CC)c1. The van der Waals surface area contributed by atoms with Gasteiger partial charge in [0.1, 0.15) is 0 Å². The van der Waals surface area contributed by atoms with Gasteiger partial charge in [-0.1, -0.05) is 13.8 Å². The summed E-state index contributed by atoms with van der Waals surface area (Å²) in [5, 5.41) is 0. The molecule has 0 amide bonds. The number of nitrogens with two attached hydrogens (primary N) is 1. The lowest BCUT2D eigenvalue weighted by Crippen LogP contribution is -2.23. The molecule has 0 unspecified atom stereocenters. The molecular weight excluding hydrogens is 308 g/mol. The number of carbonyl (C=O) groups is 1. The maximum absolute atomic E-state index is 11.8. The van der Waals surface area contributed by atoms with Crippen molar-refractivity contribution in [1.29, 1.82) is 0 Å². The molecule has 0 bridgehead atoms. The molecule has 1 rings (SSSR count). The minimum absolute atomic E-state index is 0.316. The maximum atomic E-state index is 11.8. The van der Waals surface area contributed by atoms with Crippen LogP contribution in [0.5, 0.6) is 0 Å². The van der Waals surface area contributed by atoms with Crippen LogP contribution < -0.4 is 5.73 Å². The van der Waals surface area contributed by atoms with Crippen molar-refractivity contribution in [2.24, 2.45) is 0 Å². The standard InChI is InChI=1S/C14H21BrN2O2/c1-4-17(5-2)9-11-7-10(14(18)19-6-3)8-12(15)13(11)16/h7-8H,4-6,9,16H2,1-3H3. The van der Waals surface area contributed by atoms with Crippen LogP contribution in [0.15, 0.2) is 16.6 Å². The Morgan fingerprint density at radius 3 is 2.47 bits per heavy atom. The van der Waals surface area contributed by atoms with E-state index >= 15 is 0 Å². The van der Waals surface area contributed by atoms with E-state index in [1.54, 1.807) is 13.0 Å². The minimum Gasteiger partial charge on any atom is -0.462 e. The van der Waals surface area contributed by atoms with Crippen molar-refractivity contribution in [2.75, 3.05) is 25.4 Å². The Morgan fingerprint density at radius 2 is 1.95 bits per heavy atom. The van der Waals surface area contributed by atoms with E-state index in [0.29, 0.717) is 17.9 Å². The van der Waals surface area contributed by atoms with E-state index in [2.05, 4.69) is 34.7 Å². The number of rotatable bonds is 6. The normalized spacial score (nSPS) is 10.8. The first-order chi connectivity index (χ1) is 9.03. The third-order valence-electron chi connectivity index (χ3n) is 3.01. The van der Waals surface area contributed by atoms with Crippen LogP contribution in [-0.4, -0.2) is 30.6 Å². The van der Waals surface area contributed by atoms with Gasteiger partial charge in [0, 0.05) is 11.0 Å². The molecule has 0 fully saturated rings. The first-order valence-corrected chi connectivity index (χ1v) is 7.30. The number of esters is 1. The van der Waals surface area contributed by atoms with Crippen molar-refractivity contribution in [2.45, 2.75) is 27.3 Å². The Labute approximate surface area is 123 Å². The lowest BCUT2D eigenvalue weighted by molar-refractivity contribution is 0.0526. The summed E-state index contributed by atoms with van der Waals surface area (Å²) in [5.41, 5.74) is 8.22. The summed E-state index contributed by atoms with van der Waals surface area (Å²) in [6, 6.07) is 3.52. The molecule has 0 heterocycles. The zero-order chi connectivity index (χ0) is 14.4. The van der Waals surface area contributed by atoms with Crippen molar-refractivity contribution in [3.8, 4) is 0 Å². The zero-order valence-electron chi connectivity index (χ0n) is 11.7. The van der Waals surface area contributed by atoms with Gasteiger partial charge in [-0.2, -0.15) is 0 Å². The van der Waals surface area contributed by atoms with E-state index in [0.717, 1.165) is 29.7 Å². The van der Waals surface area contributed by atoms with Crippen LogP contribution in [0.1, 0.15) is 36.7 Å². The van der Waals surface area contributed by atoms with Crippen molar-refractivity contribution < 1.29 is 9.53 Å². The average molecular weight is 329 g/mol. The molecule has 4 nitrogen and oxygen atoms in total. The van der Waals surface area contributed by atoms with Crippen LogP contribution >= 0.6 is 15.9 Å². The van der Waals surface area contributed by atoms with E-state index in [4.69, 9.17) is 10.5 Å². The zero-order valence-corrected chi connectivity index (χ0v) is 13.3. The Kier molecular flexibility index (Phi) is 6.31. The molecule has 0 saturated heterocycles. The molecule has 0 atom stereocenters. The van der Waals surface area contributed by atoms with E-state index < -0.39 is 0 Å². The Morgan fingerprint density at radius 1 is 1.32 bits per heavy atom. The second-order valence-corrected chi connectivity index (χ2v) is 5.07.